The van der Waals surface area contributed by atoms with Crippen molar-refractivity contribution in [2.24, 2.45) is 0 Å². The Morgan fingerprint density at radius 3 is 1.87 bits per heavy atom. The molecular formula is C16H25ClN6O5S2. The predicted molar refractivity (Wildman–Crippen MR) is 121 cm³/mol. The Hall–Kier alpha value is -2.38. The minimum atomic E-state index is -0.554. The molecule has 1 amide bonds. The minimum absolute atomic E-state index is 0. The van der Waals surface area contributed by atoms with E-state index in [1.807, 2.05) is 13.8 Å². The molecule has 0 bridgehead atoms. The Morgan fingerprint density at radius 1 is 1.00 bits per heavy atom. The Balaban J connectivity index is 0.000000553. The largest absolute Gasteiger partial charge is 0.492 e. The molecule has 0 unspecified atom stereocenters. The summed E-state index contributed by atoms with van der Waals surface area (Å²) in [5.74, 6) is 0.338. The van der Waals surface area contributed by atoms with Gasteiger partial charge in [0, 0.05) is 18.4 Å². The van der Waals surface area contributed by atoms with Gasteiger partial charge in [0.15, 0.2) is 21.7 Å². The maximum Gasteiger partial charge on any atom is 0.279 e. The van der Waals surface area contributed by atoms with Crippen LogP contribution >= 0.6 is 35.9 Å². The first-order valence-electron chi connectivity index (χ1n) is 8.64. The Kier molecular flexibility index (Phi) is 12.7. The van der Waals surface area contributed by atoms with Gasteiger partial charge >= 0.3 is 0 Å². The molecule has 2 rings (SSSR count). The van der Waals surface area contributed by atoms with Crippen LogP contribution in [0.1, 0.15) is 33.6 Å². The van der Waals surface area contributed by atoms with E-state index in [0.29, 0.717) is 10.3 Å². The quantitative estimate of drug-likeness (QED) is 0.252. The molecule has 0 fully saturated rings. The molecule has 0 atom stereocenters. The van der Waals surface area contributed by atoms with Crippen LogP contribution in [0.25, 0.3) is 0 Å². The summed E-state index contributed by atoms with van der Waals surface area (Å²) in [5.41, 5.74) is 3.72. The average molecular weight is 481 g/mol. The summed E-state index contributed by atoms with van der Waals surface area (Å²) < 4.78 is 0. The molecule has 2 aromatic rings. The van der Waals surface area contributed by atoms with Crippen molar-refractivity contribution in [1.29, 1.82) is 0 Å². The van der Waals surface area contributed by atoms with Crippen LogP contribution in [-0.2, 0) is 4.79 Å². The third kappa shape index (κ3) is 8.97. The minimum Gasteiger partial charge on any atom is -0.492 e. The van der Waals surface area contributed by atoms with E-state index in [9.17, 15) is 19.5 Å². The topological polar surface area (TPSA) is 187 Å². The molecule has 2 aromatic heterocycles. The molecule has 14 heteroatoms. The number of anilines is 2. The first-order valence-corrected chi connectivity index (χ1v) is 10.6. The number of halogens is 1. The van der Waals surface area contributed by atoms with Crippen LogP contribution < -0.4 is 22.2 Å². The number of nitrogen functional groups attached to an aromatic ring is 1. The second-order valence-corrected chi connectivity index (χ2v) is 7.72. The van der Waals surface area contributed by atoms with E-state index in [4.69, 9.17) is 10.8 Å². The molecule has 7 N–H and O–H groups in total. The van der Waals surface area contributed by atoms with Crippen molar-refractivity contribution in [3.05, 3.63) is 20.7 Å². The van der Waals surface area contributed by atoms with E-state index in [1.54, 1.807) is 0 Å². The number of carbonyl (C=O) groups is 1. The van der Waals surface area contributed by atoms with Gasteiger partial charge in [-0.15, -0.1) is 12.4 Å². The Bertz CT molecular complexity index is 953. The van der Waals surface area contributed by atoms with Gasteiger partial charge in [0.1, 0.15) is 0 Å². The van der Waals surface area contributed by atoms with Gasteiger partial charge in [-0.05, 0) is 12.8 Å². The molecule has 0 radical (unpaired) electrons. The van der Waals surface area contributed by atoms with Gasteiger partial charge in [-0.3, -0.25) is 24.4 Å². The molecule has 0 aliphatic carbocycles. The highest BCUT2D eigenvalue weighted by atomic mass is 35.5. The summed E-state index contributed by atoms with van der Waals surface area (Å²) in [7, 11) is 0. The van der Waals surface area contributed by atoms with Crippen molar-refractivity contribution in [1.82, 2.24) is 19.9 Å². The number of hydrogen-bond donors (Lipinski definition) is 6. The lowest BCUT2D eigenvalue weighted by molar-refractivity contribution is -0.114. The zero-order chi connectivity index (χ0) is 22.0. The monoisotopic (exact) mass is 480 g/mol. The fourth-order valence-electron chi connectivity index (χ4n) is 1.71. The number of aromatic hydroxyl groups is 2. The summed E-state index contributed by atoms with van der Waals surface area (Å²) in [6.45, 7) is 5.26. The number of rotatable bonds is 7. The number of nitrogens with one attached hydrogen (secondary N) is 3. The molecule has 0 aliphatic heterocycles. The summed E-state index contributed by atoms with van der Waals surface area (Å²) in [5, 5.41) is 21.5. The molecule has 0 aromatic carbocycles. The molecule has 30 heavy (non-hydrogen) atoms. The highest BCUT2D eigenvalue weighted by Gasteiger charge is 2.11. The molecule has 2 heterocycles. The van der Waals surface area contributed by atoms with Crippen molar-refractivity contribution in [3.63, 3.8) is 0 Å². The number of thioether (sulfide) groups is 2. The predicted octanol–water partition coefficient (Wildman–Crippen LogP) is 1.92. The molecule has 0 saturated heterocycles. The summed E-state index contributed by atoms with van der Waals surface area (Å²) >= 11 is 2.71. The highest BCUT2D eigenvalue weighted by molar-refractivity contribution is 7.99. The van der Waals surface area contributed by atoms with Crippen molar-refractivity contribution in [2.45, 2.75) is 43.9 Å². The number of carbonyl (C=O) groups excluding carboxylic acids is 1. The second kappa shape index (κ2) is 13.8. The SMILES string of the molecule is CCCSc1nc(O)c(N)c(=O)[nH]1.CCCSc1nc(O)c(NC(C)=O)c(=O)[nH]1.Cl. The van der Waals surface area contributed by atoms with Crippen LogP contribution in [0.15, 0.2) is 19.9 Å². The lowest BCUT2D eigenvalue weighted by Crippen LogP contribution is -2.19. The van der Waals surface area contributed by atoms with Gasteiger partial charge in [0.2, 0.25) is 17.7 Å². The van der Waals surface area contributed by atoms with E-state index < -0.39 is 28.8 Å². The number of nitrogens with zero attached hydrogens (tertiary/aromatic N) is 2. The Labute approximate surface area is 187 Å². The number of nitrogens with two attached hydrogens (primary N) is 1. The van der Waals surface area contributed by atoms with E-state index >= 15 is 0 Å². The molecule has 11 nitrogen and oxygen atoms in total. The van der Waals surface area contributed by atoms with Crippen LogP contribution in [0.4, 0.5) is 11.4 Å². The van der Waals surface area contributed by atoms with Gasteiger partial charge in [0.25, 0.3) is 11.1 Å². The number of amides is 1. The average Bonchev–Trinajstić information content (AvgIpc) is 2.66. The van der Waals surface area contributed by atoms with Gasteiger partial charge in [-0.25, -0.2) is 0 Å². The standard InChI is InChI=1S/C9H13N3O3S.C7H11N3O2S.ClH/c1-3-4-16-9-11-7(14)6(8(15)12-9)10-5(2)13;1-2-3-13-7-9-5(11)4(8)6(12)10-7;/h3-4H2,1-2H3,(H,10,13)(H2,11,12,14,15);2-3,8H2,1H3,(H2,9,10,11,12);1H. The van der Waals surface area contributed by atoms with Crippen LogP contribution in [0.3, 0.4) is 0 Å². The van der Waals surface area contributed by atoms with E-state index in [1.165, 1.54) is 30.4 Å². The van der Waals surface area contributed by atoms with Crippen LogP contribution in [0.2, 0.25) is 0 Å². The number of aromatic amines is 2. The summed E-state index contributed by atoms with van der Waals surface area (Å²) in [6, 6.07) is 0. The normalized spacial score (nSPS) is 9.83. The molecule has 0 spiro atoms. The third-order valence-corrected chi connectivity index (χ3v) is 5.14. The maximum absolute atomic E-state index is 11.5. The van der Waals surface area contributed by atoms with Gasteiger partial charge in [-0.1, -0.05) is 37.4 Å². The summed E-state index contributed by atoms with van der Waals surface area (Å²) in [4.78, 5) is 45.7. The summed E-state index contributed by atoms with van der Waals surface area (Å²) in [6.07, 6.45) is 1.90. The molecule has 0 saturated carbocycles. The van der Waals surface area contributed by atoms with E-state index in [0.717, 1.165) is 24.3 Å². The third-order valence-electron chi connectivity index (χ3n) is 2.98. The maximum atomic E-state index is 11.5. The van der Waals surface area contributed by atoms with Crippen LogP contribution in [0, 0.1) is 0 Å². The fraction of sp³-hybridized carbons (Fsp3) is 0.438. The number of hydrogen-bond acceptors (Lipinski definition) is 10. The van der Waals surface area contributed by atoms with E-state index in [-0.39, 0.29) is 23.8 Å². The highest BCUT2D eigenvalue weighted by Crippen LogP contribution is 2.20. The van der Waals surface area contributed by atoms with E-state index in [2.05, 4.69) is 25.3 Å². The number of H-pyrrole nitrogens is 2. The molecule has 0 aliphatic rings. The zero-order valence-corrected chi connectivity index (χ0v) is 19.1. The first-order chi connectivity index (χ1) is 13.7. The van der Waals surface area contributed by atoms with Crippen molar-refractivity contribution in [3.8, 4) is 11.8 Å². The van der Waals surface area contributed by atoms with Gasteiger partial charge in [0.05, 0.1) is 0 Å². The first kappa shape index (κ1) is 27.6. The Morgan fingerprint density at radius 2 is 1.47 bits per heavy atom. The molecular weight excluding hydrogens is 456 g/mol. The van der Waals surface area contributed by atoms with Crippen molar-refractivity contribution >= 4 is 53.2 Å². The van der Waals surface area contributed by atoms with Gasteiger partial charge in [-0.2, -0.15) is 9.97 Å². The van der Waals surface area contributed by atoms with Crippen molar-refractivity contribution in [2.75, 3.05) is 22.6 Å². The van der Waals surface area contributed by atoms with Crippen molar-refractivity contribution < 1.29 is 15.0 Å². The number of aromatic nitrogens is 4. The van der Waals surface area contributed by atoms with Crippen LogP contribution in [0.5, 0.6) is 11.8 Å². The lowest BCUT2D eigenvalue weighted by Gasteiger charge is -2.05. The zero-order valence-electron chi connectivity index (χ0n) is 16.6. The fourth-order valence-corrected chi connectivity index (χ4v) is 3.14. The molecule has 168 valence electrons. The lowest BCUT2D eigenvalue weighted by atomic mass is 10.5. The second-order valence-electron chi connectivity index (χ2n) is 5.56. The van der Waals surface area contributed by atoms with Crippen LogP contribution in [-0.4, -0.2) is 47.6 Å². The smallest absolute Gasteiger partial charge is 0.279 e. The van der Waals surface area contributed by atoms with Gasteiger partial charge < -0.3 is 21.3 Å².